The van der Waals surface area contributed by atoms with E-state index in [0.29, 0.717) is 23.7 Å². The molecular weight excluding hydrogens is 236 g/mol. The van der Waals surface area contributed by atoms with Crippen molar-refractivity contribution in [2.75, 3.05) is 29.1 Å². The summed E-state index contributed by atoms with van der Waals surface area (Å²) in [5, 5.41) is 7.61. The zero-order valence-corrected chi connectivity index (χ0v) is 11.8. The molecule has 0 spiro atoms. The standard InChI is InChI=1S/C11H22N4OS/c1-5-17(16)7-6-13-11-10(12)9(4)14-15(11)8(2)3/h8,13H,5-7,12H2,1-4H3. The summed E-state index contributed by atoms with van der Waals surface area (Å²) in [5.74, 6) is 2.17. The zero-order valence-electron chi connectivity index (χ0n) is 11.0. The van der Waals surface area contributed by atoms with Gasteiger partial charge in [-0.15, -0.1) is 0 Å². The van der Waals surface area contributed by atoms with Crippen LogP contribution in [0.2, 0.25) is 0 Å². The average Bonchev–Trinajstić information content (AvgIpc) is 2.57. The molecule has 0 amide bonds. The molecule has 0 saturated carbocycles. The molecule has 0 bridgehead atoms. The fourth-order valence-corrected chi connectivity index (χ4v) is 2.16. The van der Waals surface area contributed by atoms with E-state index in [9.17, 15) is 4.21 Å². The molecule has 98 valence electrons. The van der Waals surface area contributed by atoms with Gasteiger partial charge in [-0.2, -0.15) is 5.10 Å². The summed E-state index contributed by atoms with van der Waals surface area (Å²) in [6.07, 6.45) is 0. The Hall–Kier alpha value is -1.04. The van der Waals surface area contributed by atoms with E-state index in [1.54, 1.807) is 0 Å². The number of anilines is 2. The highest BCUT2D eigenvalue weighted by Gasteiger charge is 2.14. The average molecular weight is 258 g/mol. The molecule has 0 fully saturated rings. The monoisotopic (exact) mass is 258 g/mol. The first kappa shape index (κ1) is 14.0. The highest BCUT2D eigenvalue weighted by molar-refractivity contribution is 7.84. The Morgan fingerprint density at radius 2 is 2.18 bits per heavy atom. The largest absolute Gasteiger partial charge is 0.394 e. The first-order valence-electron chi connectivity index (χ1n) is 5.90. The molecule has 6 heteroatoms. The number of rotatable bonds is 6. The summed E-state index contributed by atoms with van der Waals surface area (Å²) >= 11 is 0. The van der Waals surface area contributed by atoms with E-state index < -0.39 is 10.8 Å². The van der Waals surface area contributed by atoms with E-state index in [2.05, 4.69) is 24.3 Å². The van der Waals surface area contributed by atoms with E-state index in [-0.39, 0.29) is 6.04 Å². The minimum atomic E-state index is -0.751. The molecule has 1 aromatic rings. The van der Waals surface area contributed by atoms with Gasteiger partial charge in [0.05, 0.1) is 11.4 Å². The van der Waals surface area contributed by atoms with E-state index >= 15 is 0 Å². The van der Waals surface area contributed by atoms with Crippen LogP contribution in [-0.2, 0) is 10.8 Å². The lowest BCUT2D eigenvalue weighted by molar-refractivity contribution is 0.534. The first-order valence-corrected chi connectivity index (χ1v) is 7.39. The predicted molar refractivity (Wildman–Crippen MR) is 73.8 cm³/mol. The van der Waals surface area contributed by atoms with Crippen molar-refractivity contribution in [3.63, 3.8) is 0 Å². The number of hydrogen-bond donors (Lipinski definition) is 2. The van der Waals surface area contributed by atoms with Crippen LogP contribution in [0.25, 0.3) is 0 Å². The van der Waals surface area contributed by atoms with Gasteiger partial charge in [-0.25, -0.2) is 4.68 Å². The molecule has 0 aliphatic rings. The minimum Gasteiger partial charge on any atom is -0.394 e. The van der Waals surface area contributed by atoms with Crippen LogP contribution in [0.1, 0.15) is 32.5 Å². The maximum absolute atomic E-state index is 11.3. The van der Waals surface area contributed by atoms with Crippen LogP contribution in [0, 0.1) is 6.92 Å². The van der Waals surface area contributed by atoms with Crippen molar-refractivity contribution in [2.45, 2.75) is 33.7 Å². The molecule has 0 radical (unpaired) electrons. The first-order chi connectivity index (χ1) is 7.97. The fraction of sp³-hybridized carbons (Fsp3) is 0.727. The third-order valence-corrected chi connectivity index (χ3v) is 3.87. The number of aromatic nitrogens is 2. The third-order valence-electron chi connectivity index (χ3n) is 2.57. The van der Waals surface area contributed by atoms with Crippen LogP contribution >= 0.6 is 0 Å². The van der Waals surface area contributed by atoms with Gasteiger partial charge in [0.1, 0.15) is 5.82 Å². The Morgan fingerprint density at radius 1 is 1.53 bits per heavy atom. The molecule has 0 aliphatic heterocycles. The molecule has 3 N–H and O–H groups in total. The Labute approximate surface area is 105 Å². The number of nitrogens with zero attached hydrogens (tertiary/aromatic N) is 2. The van der Waals surface area contributed by atoms with E-state index in [0.717, 1.165) is 11.5 Å². The number of nitrogens with two attached hydrogens (primary N) is 1. The normalized spacial score (nSPS) is 13.0. The van der Waals surface area contributed by atoms with Crippen molar-refractivity contribution < 1.29 is 4.21 Å². The molecule has 5 nitrogen and oxygen atoms in total. The summed E-state index contributed by atoms with van der Waals surface area (Å²) in [6, 6.07) is 0.255. The maximum Gasteiger partial charge on any atom is 0.148 e. The Kier molecular flexibility index (Phi) is 4.99. The summed E-state index contributed by atoms with van der Waals surface area (Å²) < 4.78 is 13.2. The SMILES string of the molecule is CCS(=O)CCNc1c(N)c(C)nn1C(C)C. The third kappa shape index (κ3) is 3.46. The Balaban J connectivity index is 2.72. The van der Waals surface area contributed by atoms with Gasteiger partial charge in [-0.05, 0) is 20.8 Å². The number of hydrogen-bond acceptors (Lipinski definition) is 4. The molecule has 1 rings (SSSR count). The van der Waals surface area contributed by atoms with Crippen LogP contribution in [0.5, 0.6) is 0 Å². The molecule has 0 saturated heterocycles. The lowest BCUT2D eigenvalue weighted by atomic mass is 10.3. The molecular formula is C11H22N4OS. The van der Waals surface area contributed by atoms with Crippen molar-refractivity contribution in [2.24, 2.45) is 0 Å². The lowest BCUT2D eigenvalue weighted by Gasteiger charge is -2.13. The zero-order chi connectivity index (χ0) is 13.0. The molecule has 17 heavy (non-hydrogen) atoms. The predicted octanol–water partition coefficient (Wildman–Crippen LogP) is 1.54. The molecule has 1 heterocycles. The van der Waals surface area contributed by atoms with Crippen LogP contribution in [0.3, 0.4) is 0 Å². The van der Waals surface area contributed by atoms with E-state index in [4.69, 9.17) is 5.73 Å². The van der Waals surface area contributed by atoms with E-state index in [1.807, 2.05) is 18.5 Å². The highest BCUT2D eigenvalue weighted by Crippen LogP contribution is 2.25. The second-order valence-electron chi connectivity index (χ2n) is 4.25. The van der Waals surface area contributed by atoms with Crippen LogP contribution < -0.4 is 11.1 Å². The van der Waals surface area contributed by atoms with Gasteiger partial charge in [0.2, 0.25) is 0 Å². The Morgan fingerprint density at radius 3 is 2.71 bits per heavy atom. The van der Waals surface area contributed by atoms with Gasteiger partial charge >= 0.3 is 0 Å². The van der Waals surface area contributed by atoms with Crippen LogP contribution in [0.4, 0.5) is 11.5 Å². The second kappa shape index (κ2) is 6.05. The Bertz CT molecular complexity index is 400. The molecule has 1 unspecified atom stereocenters. The fourth-order valence-electron chi connectivity index (χ4n) is 1.54. The van der Waals surface area contributed by atoms with Gasteiger partial charge in [-0.1, -0.05) is 6.92 Å². The maximum atomic E-state index is 11.3. The van der Waals surface area contributed by atoms with Gasteiger partial charge in [0, 0.05) is 34.9 Å². The summed E-state index contributed by atoms with van der Waals surface area (Å²) in [5.41, 5.74) is 7.48. The quantitative estimate of drug-likeness (QED) is 0.811. The minimum absolute atomic E-state index is 0.255. The summed E-state index contributed by atoms with van der Waals surface area (Å²) in [6.45, 7) is 8.58. The summed E-state index contributed by atoms with van der Waals surface area (Å²) in [4.78, 5) is 0. The van der Waals surface area contributed by atoms with Gasteiger partial charge in [0.15, 0.2) is 0 Å². The van der Waals surface area contributed by atoms with Crippen molar-refractivity contribution in [3.05, 3.63) is 5.69 Å². The summed E-state index contributed by atoms with van der Waals surface area (Å²) in [7, 11) is -0.751. The molecule has 1 atom stereocenters. The number of aryl methyl sites for hydroxylation is 1. The van der Waals surface area contributed by atoms with Gasteiger partial charge in [0.25, 0.3) is 0 Å². The van der Waals surface area contributed by atoms with Crippen molar-refractivity contribution in [1.29, 1.82) is 0 Å². The van der Waals surface area contributed by atoms with Crippen molar-refractivity contribution in [3.8, 4) is 0 Å². The van der Waals surface area contributed by atoms with Crippen LogP contribution in [0.15, 0.2) is 0 Å². The smallest absolute Gasteiger partial charge is 0.148 e. The molecule has 0 aromatic carbocycles. The highest BCUT2D eigenvalue weighted by atomic mass is 32.2. The topological polar surface area (TPSA) is 72.9 Å². The van der Waals surface area contributed by atoms with E-state index in [1.165, 1.54) is 0 Å². The van der Waals surface area contributed by atoms with Crippen molar-refractivity contribution in [1.82, 2.24) is 9.78 Å². The lowest BCUT2D eigenvalue weighted by Crippen LogP contribution is -2.16. The number of nitrogens with one attached hydrogen (secondary N) is 1. The number of nitrogen functional groups attached to an aromatic ring is 1. The van der Waals surface area contributed by atoms with Gasteiger partial charge in [-0.3, -0.25) is 4.21 Å². The molecule has 1 aromatic heterocycles. The van der Waals surface area contributed by atoms with Gasteiger partial charge < -0.3 is 11.1 Å². The second-order valence-corrected chi connectivity index (χ2v) is 6.11. The van der Waals surface area contributed by atoms with Crippen molar-refractivity contribution >= 4 is 22.3 Å². The van der Waals surface area contributed by atoms with Crippen LogP contribution in [-0.4, -0.2) is 32.0 Å². The molecule has 0 aliphatic carbocycles.